The van der Waals surface area contributed by atoms with Crippen LogP contribution in [0.15, 0.2) is 40.9 Å². The summed E-state index contributed by atoms with van der Waals surface area (Å²) < 4.78 is 20.2. The Bertz CT molecular complexity index is 1160. The molecular weight excluding hydrogens is 407 g/mol. The third-order valence-corrected chi connectivity index (χ3v) is 6.45. The first-order valence-electron chi connectivity index (χ1n) is 11.3. The summed E-state index contributed by atoms with van der Waals surface area (Å²) in [6, 6.07) is 10.9. The summed E-state index contributed by atoms with van der Waals surface area (Å²) >= 11 is 0. The molecule has 1 unspecified atom stereocenters. The Kier molecular flexibility index (Phi) is 5.41. The van der Waals surface area contributed by atoms with Gasteiger partial charge in [0.25, 0.3) is 0 Å². The highest BCUT2D eigenvalue weighted by Gasteiger charge is 2.35. The number of fused-ring (bicyclic) bond motifs is 1. The normalized spacial score (nSPS) is 18.5. The van der Waals surface area contributed by atoms with E-state index in [1.165, 1.54) is 17.2 Å². The van der Waals surface area contributed by atoms with Crippen molar-refractivity contribution in [3.05, 3.63) is 59.2 Å². The number of anilines is 2. The number of benzene rings is 2. The Morgan fingerprint density at radius 3 is 2.69 bits per heavy atom. The molecule has 0 saturated carbocycles. The molecule has 1 aromatic heterocycles. The first kappa shape index (κ1) is 20.7. The standard InChI is InChI=1S/C25H27FN4O2/c1-16-8-10-21-18(14-16)6-5-13-30(21)25(31)23-7-3-4-12-29(23)22-11-9-19(15-20(22)26)24-27-17(2)32-28-24/h8-11,14-15,23H,3-7,12-13H2,1-2H3. The molecule has 0 radical (unpaired) electrons. The van der Waals surface area contributed by atoms with Crippen LogP contribution in [0.1, 0.15) is 42.7 Å². The van der Waals surface area contributed by atoms with E-state index in [1.807, 2.05) is 9.80 Å². The van der Waals surface area contributed by atoms with Gasteiger partial charge < -0.3 is 14.3 Å². The highest BCUT2D eigenvalue weighted by atomic mass is 19.1. The first-order chi connectivity index (χ1) is 15.5. The number of nitrogens with zero attached hydrogens (tertiary/aromatic N) is 4. The average molecular weight is 435 g/mol. The molecule has 6 nitrogen and oxygen atoms in total. The van der Waals surface area contributed by atoms with Crippen molar-refractivity contribution in [2.45, 2.75) is 52.0 Å². The van der Waals surface area contributed by atoms with E-state index >= 15 is 4.39 Å². The van der Waals surface area contributed by atoms with Gasteiger partial charge in [0.15, 0.2) is 0 Å². The van der Waals surface area contributed by atoms with Crippen LogP contribution in [0.5, 0.6) is 0 Å². The van der Waals surface area contributed by atoms with Gasteiger partial charge in [-0.1, -0.05) is 22.9 Å². The molecule has 0 bridgehead atoms. The monoisotopic (exact) mass is 434 g/mol. The zero-order valence-corrected chi connectivity index (χ0v) is 18.5. The van der Waals surface area contributed by atoms with Crippen molar-refractivity contribution in [2.75, 3.05) is 22.9 Å². The van der Waals surface area contributed by atoms with Crippen LogP contribution >= 0.6 is 0 Å². The van der Waals surface area contributed by atoms with Crippen molar-refractivity contribution in [2.24, 2.45) is 0 Å². The number of halogens is 1. The summed E-state index contributed by atoms with van der Waals surface area (Å²) in [4.78, 5) is 21.7. The fourth-order valence-corrected chi connectivity index (χ4v) is 4.91. The molecule has 2 aliphatic heterocycles. The molecule has 32 heavy (non-hydrogen) atoms. The minimum Gasteiger partial charge on any atom is -0.357 e. The number of amides is 1. The van der Waals surface area contributed by atoms with Crippen molar-refractivity contribution in [1.82, 2.24) is 10.1 Å². The fourth-order valence-electron chi connectivity index (χ4n) is 4.91. The highest BCUT2D eigenvalue weighted by Crippen LogP contribution is 2.34. The fraction of sp³-hybridized carbons (Fsp3) is 0.400. The molecule has 1 saturated heterocycles. The third-order valence-electron chi connectivity index (χ3n) is 6.45. The quantitative estimate of drug-likeness (QED) is 0.591. The van der Waals surface area contributed by atoms with Crippen LogP contribution in [-0.4, -0.2) is 35.2 Å². The summed E-state index contributed by atoms with van der Waals surface area (Å²) in [7, 11) is 0. The largest absolute Gasteiger partial charge is 0.357 e. The summed E-state index contributed by atoms with van der Waals surface area (Å²) in [5.41, 5.74) is 4.44. The lowest BCUT2D eigenvalue weighted by Gasteiger charge is -2.40. The molecule has 0 spiro atoms. The third kappa shape index (κ3) is 3.76. The van der Waals surface area contributed by atoms with Gasteiger partial charge in [0.2, 0.25) is 17.6 Å². The Hall–Kier alpha value is -3.22. The molecule has 1 atom stereocenters. The Labute approximate surface area is 187 Å². The van der Waals surface area contributed by atoms with Gasteiger partial charge in [0.1, 0.15) is 11.9 Å². The van der Waals surface area contributed by atoms with Gasteiger partial charge in [0.05, 0.1) is 5.69 Å². The average Bonchev–Trinajstić information content (AvgIpc) is 3.24. The number of hydrogen-bond donors (Lipinski definition) is 0. The smallest absolute Gasteiger partial charge is 0.249 e. The summed E-state index contributed by atoms with van der Waals surface area (Å²) in [5.74, 6) is 0.480. The molecule has 7 heteroatoms. The predicted molar refractivity (Wildman–Crippen MR) is 121 cm³/mol. The minimum absolute atomic E-state index is 0.0618. The lowest BCUT2D eigenvalue weighted by molar-refractivity contribution is -0.120. The molecule has 1 fully saturated rings. The van der Waals surface area contributed by atoms with E-state index in [0.29, 0.717) is 36.1 Å². The van der Waals surface area contributed by atoms with Crippen molar-refractivity contribution in [1.29, 1.82) is 0 Å². The van der Waals surface area contributed by atoms with Crippen LogP contribution in [0.25, 0.3) is 11.4 Å². The molecule has 2 aromatic carbocycles. The van der Waals surface area contributed by atoms with Crippen LogP contribution < -0.4 is 9.80 Å². The van der Waals surface area contributed by atoms with Gasteiger partial charge in [-0.25, -0.2) is 4.39 Å². The van der Waals surface area contributed by atoms with Crippen LogP contribution in [0, 0.1) is 19.7 Å². The van der Waals surface area contributed by atoms with Crippen molar-refractivity contribution < 1.29 is 13.7 Å². The van der Waals surface area contributed by atoms with Gasteiger partial charge in [-0.2, -0.15) is 4.98 Å². The topological polar surface area (TPSA) is 62.5 Å². The second-order valence-electron chi connectivity index (χ2n) is 8.73. The number of aryl methyl sites for hydroxylation is 3. The molecule has 0 aliphatic carbocycles. The molecule has 5 rings (SSSR count). The Balaban J connectivity index is 1.44. The van der Waals surface area contributed by atoms with Crippen LogP contribution in [0.3, 0.4) is 0 Å². The summed E-state index contributed by atoms with van der Waals surface area (Å²) in [6.07, 6.45) is 4.55. The number of aromatic nitrogens is 2. The number of carbonyl (C=O) groups excluding carboxylic acids is 1. The van der Waals surface area contributed by atoms with E-state index in [0.717, 1.165) is 37.8 Å². The summed E-state index contributed by atoms with van der Waals surface area (Å²) in [5, 5.41) is 3.87. The predicted octanol–water partition coefficient (Wildman–Crippen LogP) is 4.83. The van der Waals surface area contributed by atoms with Gasteiger partial charge in [0, 0.05) is 31.3 Å². The molecule has 166 valence electrons. The van der Waals surface area contributed by atoms with E-state index in [9.17, 15) is 4.79 Å². The number of piperidine rings is 1. The molecule has 0 N–H and O–H groups in total. The molecule has 3 aromatic rings. The molecule has 2 aliphatic rings. The second-order valence-corrected chi connectivity index (χ2v) is 8.73. The molecule has 1 amide bonds. The van der Waals surface area contributed by atoms with E-state index in [2.05, 4.69) is 35.3 Å². The summed E-state index contributed by atoms with van der Waals surface area (Å²) in [6.45, 7) is 5.14. The van der Waals surface area contributed by atoms with E-state index in [-0.39, 0.29) is 17.8 Å². The van der Waals surface area contributed by atoms with E-state index < -0.39 is 0 Å². The number of hydrogen-bond acceptors (Lipinski definition) is 5. The Morgan fingerprint density at radius 2 is 1.91 bits per heavy atom. The maximum absolute atomic E-state index is 15.2. The van der Waals surface area contributed by atoms with Crippen LogP contribution in [0.2, 0.25) is 0 Å². The van der Waals surface area contributed by atoms with Crippen molar-refractivity contribution >= 4 is 17.3 Å². The number of carbonyl (C=O) groups is 1. The zero-order chi connectivity index (χ0) is 22.2. The molecule has 3 heterocycles. The van der Waals surface area contributed by atoms with E-state index in [1.54, 1.807) is 19.1 Å². The second kappa shape index (κ2) is 8.37. The molecular formula is C25H27FN4O2. The first-order valence-corrected chi connectivity index (χ1v) is 11.3. The van der Waals surface area contributed by atoms with E-state index in [4.69, 9.17) is 4.52 Å². The van der Waals surface area contributed by atoms with Crippen LogP contribution in [0.4, 0.5) is 15.8 Å². The maximum atomic E-state index is 15.2. The van der Waals surface area contributed by atoms with Crippen molar-refractivity contribution in [3.8, 4) is 11.4 Å². The van der Waals surface area contributed by atoms with Gasteiger partial charge in [-0.3, -0.25) is 4.79 Å². The van der Waals surface area contributed by atoms with Gasteiger partial charge in [-0.05, 0) is 68.9 Å². The van der Waals surface area contributed by atoms with Crippen LogP contribution in [-0.2, 0) is 11.2 Å². The lowest BCUT2D eigenvalue weighted by atomic mass is 9.95. The number of rotatable bonds is 3. The lowest BCUT2D eigenvalue weighted by Crippen LogP contribution is -2.52. The Morgan fingerprint density at radius 1 is 1.06 bits per heavy atom. The minimum atomic E-state index is -0.376. The zero-order valence-electron chi connectivity index (χ0n) is 18.5. The SMILES string of the molecule is Cc1ccc2c(c1)CCCN2C(=O)C1CCCCN1c1ccc(-c2noc(C)n2)cc1F. The van der Waals surface area contributed by atoms with Gasteiger partial charge in [-0.15, -0.1) is 0 Å². The van der Waals surface area contributed by atoms with Crippen molar-refractivity contribution in [3.63, 3.8) is 0 Å². The maximum Gasteiger partial charge on any atom is 0.249 e. The highest BCUT2D eigenvalue weighted by molar-refractivity contribution is 6.00. The van der Waals surface area contributed by atoms with Gasteiger partial charge >= 0.3 is 0 Å².